The number of guanidine groups is 1. The van der Waals surface area contributed by atoms with Crippen molar-refractivity contribution in [3.63, 3.8) is 0 Å². The number of nitrogens with one attached hydrogen (secondary N) is 2. The average Bonchev–Trinajstić information content (AvgIpc) is 3.29. The number of rotatable bonds is 16. The van der Waals surface area contributed by atoms with Crippen molar-refractivity contribution >= 4 is 35.6 Å². The summed E-state index contributed by atoms with van der Waals surface area (Å²) in [6.07, 6.45) is 1.89. The van der Waals surface area contributed by atoms with Gasteiger partial charge in [-0.05, 0) is 51.5 Å². The number of hydrogen-bond donors (Lipinski definition) is 8. The van der Waals surface area contributed by atoms with E-state index in [1.54, 1.807) is 0 Å². The Morgan fingerprint density at radius 2 is 1.67 bits per heavy atom. The minimum atomic E-state index is -1.30. The number of aliphatic carboxylic acids is 2. The van der Waals surface area contributed by atoms with E-state index >= 15 is 0 Å². The van der Waals surface area contributed by atoms with Gasteiger partial charge in [0.25, 0.3) is 0 Å². The van der Waals surface area contributed by atoms with Crippen LogP contribution in [0.1, 0.15) is 51.4 Å². The smallest absolute Gasteiger partial charge is 0.326 e. The molecule has 3 amide bonds. The molecule has 1 rings (SSSR count). The summed E-state index contributed by atoms with van der Waals surface area (Å²) >= 11 is 0. The number of carboxylic acid groups (broad SMARTS) is 2. The number of unbranched alkanes of at least 4 members (excludes halogenated alkanes) is 1. The molecule has 1 fully saturated rings. The van der Waals surface area contributed by atoms with Gasteiger partial charge in [-0.1, -0.05) is 0 Å². The largest absolute Gasteiger partial charge is 0.481 e. The Morgan fingerprint density at radius 3 is 2.25 bits per heavy atom. The van der Waals surface area contributed by atoms with Crippen LogP contribution in [0.3, 0.4) is 0 Å². The van der Waals surface area contributed by atoms with E-state index in [4.69, 9.17) is 28.0 Å². The van der Waals surface area contributed by atoms with E-state index < -0.39 is 60.2 Å². The van der Waals surface area contributed by atoms with Crippen molar-refractivity contribution in [2.75, 3.05) is 19.6 Å². The first kappa shape index (κ1) is 30.6. The fourth-order valence-corrected chi connectivity index (χ4v) is 3.85. The number of carbonyl (C=O) groups excluding carboxylic acids is 3. The Kier molecular flexibility index (Phi) is 13.2. The molecule has 36 heavy (non-hydrogen) atoms. The summed E-state index contributed by atoms with van der Waals surface area (Å²) < 4.78 is 0. The topological polar surface area (TPSA) is 270 Å². The van der Waals surface area contributed by atoms with E-state index in [2.05, 4.69) is 15.6 Å². The van der Waals surface area contributed by atoms with Crippen molar-refractivity contribution in [3.8, 4) is 0 Å². The van der Waals surface area contributed by atoms with Crippen LogP contribution in [0.4, 0.5) is 0 Å². The van der Waals surface area contributed by atoms with E-state index in [1.807, 2.05) is 0 Å². The summed E-state index contributed by atoms with van der Waals surface area (Å²) in [4.78, 5) is 66.1. The summed E-state index contributed by atoms with van der Waals surface area (Å²) in [6, 6.07) is -4.50. The van der Waals surface area contributed by atoms with Gasteiger partial charge in [-0.2, -0.15) is 0 Å². The number of nitrogens with two attached hydrogens (primary N) is 4. The van der Waals surface area contributed by atoms with Crippen molar-refractivity contribution in [1.29, 1.82) is 0 Å². The van der Waals surface area contributed by atoms with Crippen LogP contribution >= 0.6 is 0 Å². The predicted molar refractivity (Wildman–Crippen MR) is 129 cm³/mol. The minimum Gasteiger partial charge on any atom is -0.481 e. The maximum atomic E-state index is 13.0. The van der Waals surface area contributed by atoms with Gasteiger partial charge in [-0.15, -0.1) is 0 Å². The van der Waals surface area contributed by atoms with Crippen LogP contribution in [0.15, 0.2) is 4.99 Å². The number of amides is 3. The lowest BCUT2D eigenvalue weighted by Gasteiger charge is -2.28. The molecule has 0 aromatic rings. The highest BCUT2D eigenvalue weighted by Crippen LogP contribution is 2.19. The molecule has 0 radical (unpaired) electrons. The zero-order valence-corrected chi connectivity index (χ0v) is 20.2. The maximum Gasteiger partial charge on any atom is 0.326 e. The van der Waals surface area contributed by atoms with Crippen molar-refractivity contribution in [1.82, 2.24) is 15.5 Å². The molecular weight excluding hydrogens is 476 g/mol. The van der Waals surface area contributed by atoms with Crippen LogP contribution in [-0.4, -0.2) is 94.5 Å². The summed E-state index contributed by atoms with van der Waals surface area (Å²) in [5.74, 6) is -4.56. The van der Waals surface area contributed by atoms with Crippen LogP contribution in [0.25, 0.3) is 0 Å². The normalized spacial score (nSPS) is 17.5. The molecule has 0 aromatic carbocycles. The van der Waals surface area contributed by atoms with Crippen LogP contribution in [0.5, 0.6) is 0 Å². The van der Waals surface area contributed by atoms with Crippen LogP contribution in [-0.2, 0) is 24.0 Å². The molecule has 4 unspecified atom stereocenters. The molecule has 12 N–H and O–H groups in total. The fourth-order valence-electron chi connectivity index (χ4n) is 3.85. The molecule has 0 spiro atoms. The Balaban J connectivity index is 2.89. The summed E-state index contributed by atoms with van der Waals surface area (Å²) in [6.45, 7) is 0.788. The Labute approximate surface area is 209 Å². The third kappa shape index (κ3) is 10.4. The van der Waals surface area contributed by atoms with Gasteiger partial charge in [-0.3, -0.25) is 24.2 Å². The van der Waals surface area contributed by atoms with Gasteiger partial charge in [0.15, 0.2) is 5.96 Å². The van der Waals surface area contributed by atoms with Gasteiger partial charge in [0.05, 0.1) is 12.5 Å². The molecule has 0 bridgehead atoms. The lowest BCUT2D eigenvalue weighted by molar-refractivity contribution is -0.144. The molecular formula is C21H38N8O7. The minimum absolute atomic E-state index is 0.0632. The molecule has 0 saturated carbocycles. The zero-order chi connectivity index (χ0) is 27.3. The number of aliphatic imine (C=N–C) groups is 1. The van der Waals surface area contributed by atoms with E-state index in [0.29, 0.717) is 38.6 Å². The van der Waals surface area contributed by atoms with Gasteiger partial charge in [0, 0.05) is 13.1 Å². The summed E-state index contributed by atoms with van der Waals surface area (Å²) in [5.41, 5.74) is 21.7. The third-order valence-electron chi connectivity index (χ3n) is 5.69. The third-order valence-corrected chi connectivity index (χ3v) is 5.69. The van der Waals surface area contributed by atoms with Gasteiger partial charge in [-0.25, -0.2) is 4.79 Å². The maximum absolute atomic E-state index is 13.0. The van der Waals surface area contributed by atoms with Gasteiger partial charge < -0.3 is 48.7 Å². The number of nitrogens with zero attached hydrogens (tertiary/aromatic N) is 2. The van der Waals surface area contributed by atoms with Crippen LogP contribution < -0.4 is 33.6 Å². The first-order valence-electron chi connectivity index (χ1n) is 11.8. The van der Waals surface area contributed by atoms with E-state index in [-0.39, 0.29) is 31.9 Å². The molecule has 1 heterocycles. The standard InChI is InChI=1S/C21H38N8O7/c22-8-2-1-5-13(17(32)28-14(20(35)36)6-3-9-26-21(24)25)27-18(33)15-7-4-10-29(15)19(34)12(23)11-16(30)31/h12-15H,1-11,22-23H2,(H,27,33)(H,28,32)(H,30,31)(H,35,36)(H4,24,25,26). The lowest BCUT2D eigenvalue weighted by Crippen LogP contribution is -2.56. The molecule has 15 heteroatoms. The molecule has 1 saturated heterocycles. The highest BCUT2D eigenvalue weighted by atomic mass is 16.4. The second kappa shape index (κ2) is 15.5. The van der Waals surface area contributed by atoms with E-state index in [1.165, 1.54) is 4.90 Å². The second-order valence-corrected chi connectivity index (χ2v) is 8.59. The Bertz CT molecular complexity index is 818. The number of hydrogen-bond acceptors (Lipinski definition) is 8. The highest BCUT2D eigenvalue weighted by Gasteiger charge is 2.38. The number of carboxylic acids is 2. The lowest BCUT2D eigenvalue weighted by atomic mass is 10.1. The molecule has 15 nitrogen and oxygen atoms in total. The molecule has 204 valence electrons. The SMILES string of the molecule is NCCCCC(NC(=O)C1CCCN1C(=O)C(N)CC(=O)O)C(=O)NC(CCCN=C(N)N)C(=O)O. The first-order valence-corrected chi connectivity index (χ1v) is 11.8. The second-order valence-electron chi connectivity index (χ2n) is 8.59. The van der Waals surface area contributed by atoms with E-state index in [0.717, 1.165) is 0 Å². The van der Waals surface area contributed by atoms with Gasteiger partial charge in [0.1, 0.15) is 18.1 Å². The quantitative estimate of drug-likeness (QED) is 0.0584. The first-order chi connectivity index (χ1) is 17.0. The fraction of sp³-hybridized carbons (Fsp3) is 0.714. The van der Waals surface area contributed by atoms with Crippen LogP contribution in [0.2, 0.25) is 0 Å². The van der Waals surface area contributed by atoms with Crippen LogP contribution in [0, 0.1) is 0 Å². The summed E-state index contributed by atoms with van der Waals surface area (Å²) in [7, 11) is 0. The predicted octanol–water partition coefficient (Wildman–Crippen LogP) is -2.98. The van der Waals surface area contributed by atoms with Crippen molar-refractivity contribution in [2.45, 2.75) is 75.5 Å². The van der Waals surface area contributed by atoms with Crippen molar-refractivity contribution < 1.29 is 34.2 Å². The van der Waals surface area contributed by atoms with Gasteiger partial charge in [0.2, 0.25) is 17.7 Å². The molecule has 1 aliphatic rings. The van der Waals surface area contributed by atoms with E-state index in [9.17, 15) is 29.1 Å². The summed E-state index contributed by atoms with van der Waals surface area (Å²) in [5, 5.41) is 23.4. The number of carbonyl (C=O) groups is 5. The molecule has 0 aromatic heterocycles. The van der Waals surface area contributed by atoms with Gasteiger partial charge >= 0.3 is 11.9 Å². The Hall–Kier alpha value is -3.46. The zero-order valence-electron chi connectivity index (χ0n) is 20.2. The highest BCUT2D eigenvalue weighted by molar-refractivity contribution is 5.95. The molecule has 1 aliphatic heterocycles. The van der Waals surface area contributed by atoms with Crippen molar-refractivity contribution in [2.24, 2.45) is 27.9 Å². The molecule has 0 aliphatic carbocycles. The average molecular weight is 515 g/mol. The Morgan fingerprint density at radius 1 is 1.00 bits per heavy atom. The number of likely N-dealkylation sites (tertiary alicyclic amines) is 1. The molecule has 4 atom stereocenters. The van der Waals surface area contributed by atoms with Crippen molar-refractivity contribution in [3.05, 3.63) is 0 Å². The monoisotopic (exact) mass is 514 g/mol.